The summed E-state index contributed by atoms with van der Waals surface area (Å²) >= 11 is 0. The maximum Gasteiger partial charge on any atom is 0.335 e. The Morgan fingerprint density at radius 1 is 1.04 bits per heavy atom. The molecule has 0 radical (unpaired) electrons. The van der Waals surface area contributed by atoms with E-state index in [1.807, 2.05) is 48.6 Å². The van der Waals surface area contributed by atoms with Crippen LogP contribution in [0.1, 0.15) is 34.3 Å². The average Bonchev–Trinajstić information content (AvgIpc) is 3.00. The molecule has 2 aromatic carbocycles. The van der Waals surface area contributed by atoms with Gasteiger partial charge in [0, 0.05) is 18.7 Å². The predicted molar refractivity (Wildman–Crippen MR) is 90.4 cm³/mol. The summed E-state index contributed by atoms with van der Waals surface area (Å²) < 4.78 is 0. The average molecular weight is 307 g/mol. The Labute approximate surface area is 134 Å². The molecule has 0 aliphatic carbocycles. The molecule has 2 aromatic rings. The Hall–Kier alpha value is -2.88. The van der Waals surface area contributed by atoms with E-state index in [2.05, 4.69) is 0 Å². The molecule has 1 heterocycles. The molecule has 1 aliphatic heterocycles. The van der Waals surface area contributed by atoms with Gasteiger partial charge in [0.25, 0.3) is 0 Å². The van der Waals surface area contributed by atoms with E-state index in [1.54, 1.807) is 17.0 Å². The largest absolute Gasteiger partial charge is 0.478 e. The molecular weight excluding hydrogens is 290 g/mol. The van der Waals surface area contributed by atoms with Crippen LogP contribution in [0.5, 0.6) is 0 Å². The Kier molecular flexibility index (Phi) is 4.24. The lowest BCUT2D eigenvalue weighted by molar-refractivity contribution is -0.117. The van der Waals surface area contributed by atoms with E-state index in [4.69, 9.17) is 0 Å². The van der Waals surface area contributed by atoms with Crippen molar-refractivity contribution in [3.63, 3.8) is 0 Å². The van der Waals surface area contributed by atoms with Gasteiger partial charge in [0.05, 0.1) is 5.56 Å². The van der Waals surface area contributed by atoms with Crippen LogP contribution in [0.25, 0.3) is 12.2 Å². The Balaban J connectivity index is 1.96. The molecule has 1 aliphatic rings. The molecule has 0 spiro atoms. The third-order valence-electron chi connectivity index (χ3n) is 3.84. The first-order chi connectivity index (χ1) is 11.1. The van der Waals surface area contributed by atoms with E-state index in [9.17, 15) is 14.7 Å². The topological polar surface area (TPSA) is 57.6 Å². The first-order valence-electron chi connectivity index (χ1n) is 7.55. The quantitative estimate of drug-likeness (QED) is 0.877. The lowest BCUT2D eigenvalue weighted by Gasteiger charge is -2.17. The van der Waals surface area contributed by atoms with Gasteiger partial charge in [0.1, 0.15) is 0 Å². The van der Waals surface area contributed by atoms with Gasteiger partial charge in [-0.1, -0.05) is 42.5 Å². The zero-order valence-corrected chi connectivity index (χ0v) is 12.6. The fourth-order valence-corrected chi connectivity index (χ4v) is 2.69. The van der Waals surface area contributed by atoms with Gasteiger partial charge in [0.2, 0.25) is 5.91 Å². The fourth-order valence-electron chi connectivity index (χ4n) is 2.69. The molecule has 3 rings (SSSR count). The summed E-state index contributed by atoms with van der Waals surface area (Å²) in [5.74, 6) is -0.946. The van der Waals surface area contributed by atoms with Gasteiger partial charge in [-0.3, -0.25) is 4.79 Å². The van der Waals surface area contributed by atoms with Crippen LogP contribution < -0.4 is 4.90 Å². The second-order valence-electron chi connectivity index (χ2n) is 5.51. The van der Waals surface area contributed by atoms with Crippen LogP contribution in [-0.2, 0) is 4.79 Å². The van der Waals surface area contributed by atoms with Crippen LogP contribution in [0.3, 0.4) is 0 Å². The molecule has 0 saturated carbocycles. The molecular formula is C19H17NO3. The zero-order chi connectivity index (χ0) is 16.2. The van der Waals surface area contributed by atoms with Gasteiger partial charge in [-0.25, -0.2) is 4.79 Å². The fraction of sp³-hybridized carbons (Fsp3) is 0.158. The van der Waals surface area contributed by atoms with Crippen molar-refractivity contribution < 1.29 is 14.7 Å². The standard InChI is InChI=1S/C19H17NO3/c21-18-7-4-10-20(18)17-12-15(11-16(13-17)19(22)23)9-8-14-5-2-1-3-6-14/h1-3,5-6,8-9,11-13H,4,7,10H2,(H,22,23). The van der Waals surface area contributed by atoms with Gasteiger partial charge in [-0.05, 0) is 35.7 Å². The number of rotatable bonds is 4. The van der Waals surface area contributed by atoms with E-state index in [0.29, 0.717) is 18.7 Å². The molecule has 1 saturated heterocycles. The molecule has 0 bridgehead atoms. The third kappa shape index (κ3) is 3.48. The highest BCUT2D eigenvalue weighted by Gasteiger charge is 2.22. The molecule has 23 heavy (non-hydrogen) atoms. The predicted octanol–water partition coefficient (Wildman–Crippen LogP) is 3.68. The van der Waals surface area contributed by atoms with E-state index in [1.165, 1.54) is 0 Å². The van der Waals surface area contributed by atoms with Crippen molar-refractivity contribution in [1.29, 1.82) is 0 Å². The molecule has 4 nitrogen and oxygen atoms in total. The van der Waals surface area contributed by atoms with Crippen LogP contribution in [0.4, 0.5) is 5.69 Å². The number of carbonyl (C=O) groups is 2. The van der Waals surface area contributed by atoms with E-state index >= 15 is 0 Å². The summed E-state index contributed by atoms with van der Waals surface area (Å²) in [5, 5.41) is 9.30. The number of hydrogen-bond donors (Lipinski definition) is 1. The summed E-state index contributed by atoms with van der Waals surface area (Å²) in [5.41, 5.74) is 2.64. The van der Waals surface area contributed by atoms with Crippen LogP contribution in [-0.4, -0.2) is 23.5 Å². The van der Waals surface area contributed by atoms with Crippen molar-refractivity contribution in [1.82, 2.24) is 0 Å². The number of carboxylic acids is 1. The number of carboxylic acid groups (broad SMARTS) is 1. The minimum atomic E-state index is -0.993. The normalized spacial score (nSPS) is 14.6. The minimum Gasteiger partial charge on any atom is -0.478 e. The second-order valence-corrected chi connectivity index (χ2v) is 5.51. The summed E-state index contributed by atoms with van der Waals surface area (Å²) in [6, 6.07) is 14.8. The molecule has 1 fully saturated rings. The number of amides is 1. The van der Waals surface area contributed by atoms with Crippen molar-refractivity contribution in [2.75, 3.05) is 11.4 Å². The summed E-state index contributed by atoms with van der Waals surface area (Å²) in [4.78, 5) is 24.9. The summed E-state index contributed by atoms with van der Waals surface area (Å²) in [6.07, 6.45) is 5.13. The molecule has 0 atom stereocenters. The molecule has 1 amide bonds. The number of nitrogens with zero attached hydrogens (tertiary/aromatic N) is 1. The lowest BCUT2D eigenvalue weighted by Crippen LogP contribution is -2.24. The SMILES string of the molecule is O=C(O)c1cc(C=Cc2ccccc2)cc(N2CCCC2=O)c1. The van der Waals surface area contributed by atoms with Crippen molar-refractivity contribution in [2.45, 2.75) is 12.8 Å². The summed E-state index contributed by atoms with van der Waals surface area (Å²) in [7, 11) is 0. The molecule has 1 N–H and O–H groups in total. The van der Waals surface area contributed by atoms with Crippen molar-refractivity contribution in [2.24, 2.45) is 0 Å². The van der Waals surface area contributed by atoms with Gasteiger partial charge in [-0.15, -0.1) is 0 Å². The molecule has 116 valence electrons. The number of anilines is 1. The van der Waals surface area contributed by atoms with Gasteiger partial charge >= 0.3 is 5.97 Å². The first kappa shape index (κ1) is 15.0. The van der Waals surface area contributed by atoms with E-state index < -0.39 is 5.97 Å². The van der Waals surface area contributed by atoms with E-state index in [0.717, 1.165) is 17.5 Å². The van der Waals surface area contributed by atoms with Crippen LogP contribution in [0.15, 0.2) is 48.5 Å². The monoisotopic (exact) mass is 307 g/mol. The maximum atomic E-state index is 11.9. The minimum absolute atomic E-state index is 0.0468. The van der Waals surface area contributed by atoms with Crippen molar-refractivity contribution >= 4 is 29.7 Å². The van der Waals surface area contributed by atoms with Crippen molar-refractivity contribution in [3.8, 4) is 0 Å². The number of hydrogen-bond acceptors (Lipinski definition) is 2. The molecule has 0 aromatic heterocycles. The van der Waals surface area contributed by atoms with Crippen LogP contribution in [0, 0.1) is 0 Å². The highest BCUT2D eigenvalue weighted by molar-refractivity contribution is 5.98. The zero-order valence-electron chi connectivity index (χ0n) is 12.6. The lowest BCUT2D eigenvalue weighted by atomic mass is 10.1. The van der Waals surface area contributed by atoms with Gasteiger partial charge in [0.15, 0.2) is 0 Å². The highest BCUT2D eigenvalue weighted by atomic mass is 16.4. The van der Waals surface area contributed by atoms with Crippen LogP contribution in [0.2, 0.25) is 0 Å². The van der Waals surface area contributed by atoms with E-state index in [-0.39, 0.29) is 11.5 Å². The first-order valence-corrected chi connectivity index (χ1v) is 7.55. The third-order valence-corrected chi connectivity index (χ3v) is 3.84. The highest BCUT2D eigenvalue weighted by Crippen LogP contribution is 2.25. The molecule has 0 unspecified atom stereocenters. The van der Waals surface area contributed by atoms with Crippen LogP contribution >= 0.6 is 0 Å². The number of benzene rings is 2. The smallest absolute Gasteiger partial charge is 0.335 e. The number of carbonyl (C=O) groups excluding carboxylic acids is 1. The Morgan fingerprint density at radius 3 is 2.43 bits per heavy atom. The van der Waals surface area contributed by atoms with Gasteiger partial charge < -0.3 is 10.0 Å². The molecule has 4 heteroatoms. The maximum absolute atomic E-state index is 11.9. The Bertz CT molecular complexity index is 765. The second kappa shape index (κ2) is 6.48. The summed E-state index contributed by atoms with van der Waals surface area (Å²) in [6.45, 7) is 0.643. The number of aromatic carboxylic acids is 1. The Morgan fingerprint density at radius 2 is 1.78 bits per heavy atom. The van der Waals surface area contributed by atoms with Crippen molar-refractivity contribution in [3.05, 3.63) is 65.2 Å². The van der Waals surface area contributed by atoms with Gasteiger partial charge in [-0.2, -0.15) is 0 Å².